The van der Waals surface area contributed by atoms with Crippen LogP contribution in [0.2, 0.25) is 0 Å². The van der Waals surface area contributed by atoms with Crippen LogP contribution >= 0.6 is 0 Å². The Morgan fingerprint density at radius 2 is 1.80 bits per heavy atom. The predicted molar refractivity (Wildman–Crippen MR) is 74.2 cm³/mol. The van der Waals surface area contributed by atoms with Crippen LogP contribution in [0.4, 0.5) is 0 Å². The van der Waals surface area contributed by atoms with E-state index >= 15 is 0 Å². The molecule has 0 aliphatic carbocycles. The molecule has 0 aromatic heterocycles. The van der Waals surface area contributed by atoms with E-state index in [0.29, 0.717) is 37.6 Å². The van der Waals surface area contributed by atoms with Crippen molar-refractivity contribution in [3.63, 3.8) is 0 Å². The van der Waals surface area contributed by atoms with E-state index in [1.807, 2.05) is 18.2 Å². The summed E-state index contributed by atoms with van der Waals surface area (Å²) in [5, 5.41) is 14.5. The molecular weight excluding hydrogens is 258 g/mol. The molecule has 2 fully saturated rings. The fourth-order valence-corrected chi connectivity index (χ4v) is 3.28. The summed E-state index contributed by atoms with van der Waals surface area (Å²) < 4.78 is 16.1. The minimum atomic E-state index is -0.829. The second-order valence-electron chi connectivity index (χ2n) is 5.61. The summed E-state index contributed by atoms with van der Waals surface area (Å²) in [7, 11) is 3.22. The molecule has 2 N–H and O–H groups in total. The number of methoxy groups -OCH3 is 2. The molecule has 0 amide bonds. The molecule has 2 saturated heterocycles. The molecule has 1 aromatic rings. The van der Waals surface area contributed by atoms with Crippen molar-refractivity contribution >= 4 is 0 Å². The van der Waals surface area contributed by atoms with Crippen molar-refractivity contribution < 1.29 is 19.3 Å². The lowest BCUT2D eigenvalue weighted by molar-refractivity contribution is -0.0803. The Kier molecular flexibility index (Phi) is 3.58. The molecule has 5 nitrogen and oxygen atoms in total. The molecule has 0 radical (unpaired) electrons. The normalized spacial score (nSPS) is 32.8. The molecule has 110 valence electrons. The average Bonchev–Trinajstić information content (AvgIpc) is 2.46. The van der Waals surface area contributed by atoms with Gasteiger partial charge in [-0.3, -0.25) is 0 Å². The zero-order chi connectivity index (χ0) is 14.2. The third-order valence-corrected chi connectivity index (χ3v) is 4.20. The summed E-state index contributed by atoms with van der Waals surface area (Å²) in [6, 6.07) is 6.06. The summed E-state index contributed by atoms with van der Waals surface area (Å²) in [5.74, 6) is 1.33. The number of morpholine rings is 1. The van der Waals surface area contributed by atoms with Crippen molar-refractivity contribution in [2.75, 3.05) is 27.4 Å². The molecule has 3 rings (SSSR count). The zero-order valence-corrected chi connectivity index (χ0v) is 11.9. The van der Waals surface area contributed by atoms with Crippen LogP contribution in [-0.4, -0.2) is 44.6 Å². The van der Waals surface area contributed by atoms with Crippen LogP contribution in [0, 0.1) is 0 Å². The average molecular weight is 279 g/mol. The highest BCUT2D eigenvalue weighted by Gasteiger charge is 2.42. The maximum Gasteiger partial charge on any atom is 0.161 e. The molecule has 1 aromatic carbocycles. The first-order valence-electron chi connectivity index (χ1n) is 6.93. The van der Waals surface area contributed by atoms with Gasteiger partial charge in [0.1, 0.15) is 0 Å². The number of nitrogens with one attached hydrogen (secondary N) is 1. The molecule has 2 aliphatic rings. The summed E-state index contributed by atoms with van der Waals surface area (Å²) in [5.41, 5.74) is 0.0535. The molecule has 2 heterocycles. The van der Waals surface area contributed by atoms with Gasteiger partial charge in [0, 0.05) is 12.1 Å². The lowest BCUT2D eigenvalue weighted by Crippen LogP contribution is -2.58. The van der Waals surface area contributed by atoms with Crippen LogP contribution in [0.3, 0.4) is 0 Å². The number of aliphatic hydroxyl groups is 1. The number of fused-ring (bicyclic) bond motifs is 2. The Morgan fingerprint density at radius 3 is 2.40 bits per heavy atom. The molecule has 2 unspecified atom stereocenters. The first kappa shape index (κ1) is 13.7. The monoisotopic (exact) mass is 279 g/mol. The van der Waals surface area contributed by atoms with Gasteiger partial charge in [0.25, 0.3) is 0 Å². The van der Waals surface area contributed by atoms with Crippen molar-refractivity contribution in [1.29, 1.82) is 0 Å². The van der Waals surface area contributed by atoms with Crippen molar-refractivity contribution in [1.82, 2.24) is 5.32 Å². The third kappa shape index (κ3) is 2.37. The largest absolute Gasteiger partial charge is 0.493 e. The number of hydrogen-bond acceptors (Lipinski definition) is 5. The minimum absolute atomic E-state index is 0.209. The number of rotatable bonds is 3. The van der Waals surface area contributed by atoms with E-state index in [0.717, 1.165) is 5.56 Å². The van der Waals surface area contributed by atoms with E-state index in [2.05, 4.69) is 5.32 Å². The lowest BCUT2D eigenvalue weighted by Gasteiger charge is -2.45. The van der Waals surface area contributed by atoms with E-state index in [-0.39, 0.29) is 12.1 Å². The smallest absolute Gasteiger partial charge is 0.161 e. The van der Waals surface area contributed by atoms with Gasteiger partial charge in [0.05, 0.1) is 33.0 Å². The maximum atomic E-state index is 11.0. The summed E-state index contributed by atoms with van der Waals surface area (Å²) in [6.45, 7) is 1.32. The first-order chi connectivity index (χ1) is 9.64. The lowest BCUT2D eigenvalue weighted by atomic mass is 9.78. The quantitative estimate of drug-likeness (QED) is 0.866. The van der Waals surface area contributed by atoms with Crippen molar-refractivity contribution in [3.8, 4) is 11.5 Å². The second kappa shape index (κ2) is 5.24. The van der Waals surface area contributed by atoms with Gasteiger partial charge in [-0.2, -0.15) is 0 Å². The van der Waals surface area contributed by atoms with E-state index < -0.39 is 5.60 Å². The fraction of sp³-hybridized carbons (Fsp3) is 0.600. The van der Waals surface area contributed by atoms with Gasteiger partial charge < -0.3 is 24.6 Å². The Bertz CT molecular complexity index is 479. The highest BCUT2D eigenvalue weighted by atomic mass is 16.5. The SMILES string of the molecule is COc1ccc(C2(O)CC3COCC(C2)N3)cc1OC. The van der Waals surface area contributed by atoms with E-state index in [4.69, 9.17) is 14.2 Å². The Balaban J connectivity index is 1.91. The molecule has 0 saturated carbocycles. The summed E-state index contributed by atoms with van der Waals surface area (Å²) >= 11 is 0. The molecule has 2 atom stereocenters. The Labute approximate surface area is 118 Å². The van der Waals surface area contributed by atoms with E-state index in [9.17, 15) is 5.11 Å². The van der Waals surface area contributed by atoms with Crippen LogP contribution in [0.5, 0.6) is 11.5 Å². The van der Waals surface area contributed by atoms with Gasteiger partial charge in [-0.15, -0.1) is 0 Å². The van der Waals surface area contributed by atoms with Gasteiger partial charge in [-0.25, -0.2) is 0 Å². The Morgan fingerprint density at radius 1 is 1.15 bits per heavy atom. The third-order valence-electron chi connectivity index (χ3n) is 4.20. The van der Waals surface area contributed by atoms with Gasteiger partial charge in [-0.1, -0.05) is 6.07 Å². The predicted octanol–water partition coefficient (Wildman–Crippen LogP) is 1.04. The summed E-state index contributed by atoms with van der Waals surface area (Å²) in [4.78, 5) is 0. The van der Waals surface area contributed by atoms with Gasteiger partial charge in [0.15, 0.2) is 11.5 Å². The number of piperidine rings is 1. The zero-order valence-electron chi connectivity index (χ0n) is 11.9. The van der Waals surface area contributed by atoms with Crippen molar-refractivity contribution in [2.45, 2.75) is 30.5 Å². The second-order valence-corrected chi connectivity index (χ2v) is 5.61. The maximum absolute atomic E-state index is 11.0. The van der Waals surface area contributed by atoms with Crippen LogP contribution in [0.1, 0.15) is 18.4 Å². The molecule has 2 aliphatic heterocycles. The van der Waals surface area contributed by atoms with Crippen molar-refractivity contribution in [2.24, 2.45) is 0 Å². The van der Waals surface area contributed by atoms with Crippen LogP contribution < -0.4 is 14.8 Å². The highest BCUT2D eigenvalue weighted by Crippen LogP contribution is 2.40. The highest BCUT2D eigenvalue weighted by molar-refractivity contribution is 5.44. The number of ether oxygens (including phenoxy) is 3. The minimum Gasteiger partial charge on any atom is -0.493 e. The standard InChI is InChI=1S/C15H21NO4/c1-18-13-4-3-10(5-14(13)19-2)15(17)6-11-8-20-9-12(7-15)16-11/h3-5,11-12,16-17H,6-9H2,1-2H3. The van der Waals surface area contributed by atoms with Gasteiger partial charge in [-0.05, 0) is 30.5 Å². The van der Waals surface area contributed by atoms with Crippen LogP contribution in [-0.2, 0) is 10.3 Å². The summed E-state index contributed by atoms with van der Waals surface area (Å²) in [6.07, 6.45) is 1.30. The first-order valence-corrected chi connectivity index (χ1v) is 6.93. The molecular formula is C15H21NO4. The van der Waals surface area contributed by atoms with Gasteiger partial charge in [0.2, 0.25) is 0 Å². The molecule has 5 heteroatoms. The van der Waals surface area contributed by atoms with E-state index in [1.165, 1.54) is 0 Å². The topological polar surface area (TPSA) is 60.0 Å². The van der Waals surface area contributed by atoms with Crippen molar-refractivity contribution in [3.05, 3.63) is 23.8 Å². The van der Waals surface area contributed by atoms with Crippen LogP contribution in [0.15, 0.2) is 18.2 Å². The molecule has 20 heavy (non-hydrogen) atoms. The fourth-order valence-electron chi connectivity index (χ4n) is 3.28. The number of hydrogen-bond donors (Lipinski definition) is 2. The molecule has 0 spiro atoms. The Hall–Kier alpha value is -1.30. The molecule has 2 bridgehead atoms. The van der Waals surface area contributed by atoms with Crippen LogP contribution in [0.25, 0.3) is 0 Å². The number of benzene rings is 1. The van der Waals surface area contributed by atoms with Gasteiger partial charge >= 0.3 is 0 Å². The van der Waals surface area contributed by atoms with E-state index in [1.54, 1.807) is 14.2 Å².